The van der Waals surface area contributed by atoms with Crippen LogP contribution in [0.4, 0.5) is 0 Å². The normalized spacial score (nSPS) is 44.2. The van der Waals surface area contributed by atoms with Crippen molar-refractivity contribution in [2.24, 2.45) is 11.8 Å². The summed E-state index contributed by atoms with van der Waals surface area (Å²) in [7, 11) is -1.58. The van der Waals surface area contributed by atoms with Crippen molar-refractivity contribution in [2.45, 2.75) is 37.2 Å². The topological polar surface area (TPSA) is 63.7 Å². The van der Waals surface area contributed by atoms with Crippen molar-refractivity contribution >= 4 is 16.0 Å². The lowest BCUT2D eigenvalue weighted by atomic mass is 9.92. The van der Waals surface area contributed by atoms with Crippen LogP contribution in [-0.4, -0.2) is 43.1 Å². The fourth-order valence-corrected chi connectivity index (χ4v) is 6.06. The molecule has 0 spiro atoms. The van der Waals surface area contributed by atoms with Crippen molar-refractivity contribution in [3.63, 3.8) is 0 Å². The Morgan fingerprint density at radius 1 is 1.39 bits per heavy atom. The Bertz CT molecular complexity index is 526. The van der Waals surface area contributed by atoms with Gasteiger partial charge < -0.3 is 4.74 Å². The summed E-state index contributed by atoms with van der Waals surface area (Å²) in [5.41, 5.74) is 0.359. The molecule has 6 heteroatoms. The van der Waals surface area contributed by atoms with Crippen molar-refractivity contribution in [3.8, 4) is 0 Å². The summed E-state index contributed by atoms with van der Waals surface area (Å²) in [4.78, 5) is 11.6. The van der Waals surface area contributed by atoms with Gasteiger partial charge in [0.15, 0.2) is 0 Å². The highest BCUT2D eigenvalue weighted by atomic mass is 32.2. The number of ether oxygens (including phenoxy) is 1. The Morgan fingerprint density at radius 2 is 2.06 bits per heavy atom. The van der Waals surface area contributed by atoms with Crippen LogP contribution >= 0.6 is 0 Å². The first kappa shape index (κ1) is 12.2. The van der Waals surface area contributed by atoms with E-state index in [4.69, 9.17) is 4.74 Å². The molecule has 1 heterocycles. The number of rotatable bonds is 2. The number of esters is 1. The summed E-state index contributed by atoms with van der Waals surface area (Å²) in [6.45, 7) is 5.17. The summed E-state index contributed by atoms with van der Waals surface area (Å²) < 4.78 is 31.2. The number of carbonyl (C=O) groups excluding carboxylic acids is 1. The highest BCUT2D eigenvalue weighted by Gasteiger charge is 2.66. The molecule has 3 aliphatic rings. The molecule has 18 heavy (non-hydrogen) atoms. The van der Waals surface area contributed by atoms with Crippen LogP contribution in [0.5, 0.6) is 0 Å². The van der Waals surface area contributed by atoms with Crippen molar-refractivity contribution in [3.05, 3.63) is 12.2 Å². The van der Waals surface area contributed by atoms with Gasteiger partial charge in [-0.25, -0.2) is 13.2 Å². The molecule has 3 fully saturated rings. The quantitative estimate of drug-likeness (QED) is 0.543. The summed E-state index contributed by atoms with van der Waals surface area (Å²) in [6.07, 6.45) is 1.19. The molecule has 0 aromatic rings. The summed E-state index contributed by atoms with van der Waals surface area (Å²) >= 11 is 0. The lowest BCUT2D eigenvalue weighted by Gasteiger charge is -2.28. The van der Waals surface area contributed by atoms with Crippen LogP contribution in [0.2, 0.25) is 0 Å². The molecule has 1 aliphatic heterocycles. The molecule has 0 N–H and O–H groups in total. The summed E-state index contributed by atoms with van der Waals surface area (Å²) in [5.74, 6) is -0.0947. The fraction of sp³-hybridized carbons (Fsp3) is 0.750. The van der Waals surface area contributed by atoms with Gasteiger partial charge in [0.1, 0.15) is 6.10 Å². The van der Waals surface area contributed by atoms with Gasteiger partial charge in [-0.3, -0.25) is 0 Å². The largest absolute Gasteiger partial charge is 0.457 e. The monoisotopic (exact) mass is 271 g/mol. The number of fused-ring (bicyclic) bond motifs is 1. The van der Waals surface area contributed by atoms with E-state index in [2.05, 4.69) is 6.58 Å². The van der Waals surface area contributed by atoms with Gasteiger partial charge >= 0.3 is 5.97 Å². The molecule has 5 unspecified atom stereocenters. The molecule has 1 saturated heterocycles. The molecule has 3 rings (SSSR count). The first-order chi connectivity index (χ1) is 8.34. The predicted molar refractivity (Wildman–Crippen MR) is 65.2 cm³/mol. The number of carbonyl (C=O) groups is 1. The van der Waals surface area contributed by atoms with Crippen molar-refractivity contribution < 1.29 is 17.9 Å². The molecule has 0 aromatic heterocycles. The number of sulfonamides is 1. The average molecular weight is 271 g/mol. The number of hydrogen-bond donors (Lipinski definition) is 0. The third kappa shape index (κ3) is 1.36. The molecule has 2 saturated carbocycles. The fourth-order valence-electron chi connectivity index (χ4n) is 3.81. The first-order valence-electron chi connectivity index (χ1n) is 6.17. The van der Waals surface area contributed by atoms with Gasteiger partial charge in [0.2, 0.25) is 10.0 Å². The Morgan fingerprint density at radius 3 is 2.67 bits per heavy atom. The van der Waals surface area contributed by atoms with Crippen LogP contribution in [-0.2, 0) is 19.6 Å². The molecule has 0 amide bonds. The molecular formula is C12H17NO4S. The van der Waals surface area contributed by atoms with Crippen molar-refractivity contribution in [2.75, 3.05) is 7.05 Å². The number of nitrogens with zero attached hydrogens (tertiary/aromatic N) is 1. The Labute approximate surface area is 107 Å². The van der Waals surface area contributed by atoms with Crippen LogP contribution < -0.4 is 0 Å². The number of hydrogen-bond acceptors (Lipinski definition) is 4. The molecular weight excluding hydrogens is 254 g/mol. The van der Waals surface area contributed by atoms with E-state index in [1.165, 1.54) is 4.31 Å². The minimum absolute atomic E-state index is 0.132. The van der Waals surface area contributed by atoms with E-state index in [9.17, 15) is 13.2 Å². The van der Waals surface area contributed by atoms with Gasteiger partial charge in [-0.05, 0) is 31.6 Å². The Hall–Kier alpha value is -0.880. The minimum Gasteiger partial charge on any atom is -0.457 e. The molecule has 2 aliphatic carbocycles. The van der Waals surface area contributed by atoms with Gasteiger partial charge in [0.25, 0.3) is 0 Å². The van der Waals surface area contributed by atoms with Crippen molar-refractivity contribution in [1.29, 1.82) is 0 Å². The maximum Gasteiger partial charge on any atom is 0.333 e. The Kier molecular flexibility index (Phi) is 2.41. The smallest absolute Gasteiger partial charge is 0.333 e. The molecule has 0 aromatic carbocycles. The minimum atomic E-state index is -3.18. The van der Waals surface area contributed by atoms with E-state index in [1.807, 2.05) is 0 Å². The van der Waals surface area contributed by atoms with Crippen LogP contribution in [0.1, 0.15) is 19.8 Å². The second-order valence-corrected chi connectivity index (χ2v) is 7.85. The van der Waals surface area contributed by atoms with Crippen LogP contribution in [0.25, 0.3) is 0 Å². The molecule has 0 radical (unpaired) electrons. The maximum absolute atomic E-state index is 12.1. The van der Waals surface area contributed by atoms with Gasteiger partial charge in [-0.1, -0.05) is 6.58 Å². The summed E-state index contributed by atoms with van der Waals surface area (Å²) in [6, 6.07) is -0.165. The lowest BCUT2D eigenvalue weighted by Crippen LogP contribution is -2.42. The van der Waals surface area contributed by atoms with E-state index in [-0.39, 0.29) is 29.2 Å². The predicted octanol–water partition coefficient (Wildman–Crippen LogP) is 0.527. The first-order valence-corrected chi connectivity index (χ1v) is 7.67. The molecule has 5 nitrogen and oxygen atoms in total. The van der Waals surface area contributed by atoms with Crippen LogP contribution in [0.15, 0.2) is 12.2 Å². The van der Waals surface area contributed by atoms with Crippen molar-refractivity contribution in [1.82, 2.24) is 4.31 Å². The standard InChI is InChI=1S/C12H17NO4S/c1-6(2)12(14)17-11-7-4-8-9(5-7)18(15,16)13(3)10(8)11/h7-11H,1,4-5H2,2-3H3. The zero-order valence-electron chi connectivity index (χ0n) is 10.5. The highest BCUT2D eigenvalue weighted by molar-refractivity contribution is 7.90. The third-order valence-electron chi connectivity index (χ3n) is 4.62. The lowest BCUT2D eigenvalue weighted by molar-refractivity contribution is -0.148. The van der Waals surface area contributed by atoms with E-state index in [0.29, 0.717) is 12.0 Å². The molecule has 100 valence electrons. The zero-order chi connectivity index (χ0) is 13.2. The average Bonchev–Trinajstić information content (AvgIpc) is 2.88. The number of likely N-dealkylation sites (N-methyl/N-ethyl adjacent to an activating group) is 1. The SMILES string of the molecule is C=C(C)C(=O)OC1C2CC3C1N(C)S(=O)(=O)C3C2. The summed E-state index contributed by atoms with van der Waals surface area (Å²) in [5, 5.41) is -0.253. The van der Waals surface area contributed by atoms with Crippen LogP contribution in [0.3, 0.4) is 0 Å². The third-order valence-corrected chi connectivity index (χ3v) is 6.98. The van der Waals surface area contributed by atoms with Gasteiger partial charge in [-0.15, -0.1) is 0 Å². The van der Waals surface area contributed by atoms with Gasteiger partial charge in [0, 0.05) is 12.6 Å². The van der Waals surface area contributed by atoms with E-state index in [1.54, 1.807) is 14.0 Å². The van der Waals surface area contributed by atoms with E-state index >= 15 is 0 Å². The van der Waals surface area contributed by atoms with Gasteiger partial charge in [0.05, 0.1) is 11.3 Å². The van der Waals surface area contributed by atoms with E-state index < -0.39 is 16.0 Å². The second kappa shape index (κ2) is 3.57. The van der Waals surface area contributed by atoms with Gasteiger partial charge in [-0.2, -0.15) is 4.31 Å². The maximum atomic E-state index is 12.1. The molecule has 2 bridgehead atoms. The second-order valence-electron chi connectivity index (χ2n) is 5.64. The Balaban J connectivity index is 1.89. The van der Waals surface area contributed by atoms with E-state index in [0.717, 1.165) is 6.42 Å². The molecule has 5 atom stereocenters. The highest BCUT2D eigenvalue weighted by Crippen LogP contribution is 2.56. The zero-order valence-corrected chi connectivity index (χ0v) is 11.3. The van der Waals surface area contributed by atoms with Crippen LogP contribution in [0, 0.1) is 11.8 Å².